The normalized spacial score (nSPS) is 28.9. The van der Waals surface area contributed by atoms with Gasteiger partial charge in [-0.3, -0.25) is 0 Å². The Balaban J connectivity index is 2.26. The highest BCUT2D eigenvalue weighted by Gasteiger charge is 2.57. The fraction of sp³-hybridized carbons (Fsp3) is 0.545. The maximum atomic E-state index is 5.74. The van der Waals surface area contributed by atoms with Crippen molar-refractivity contribution in [3.8, 4) is 0 Å². The predicted octanol–water partition coefficient (Wildman–Crippen LogP) is 2.54. The lowest BCUT2D eigenvalue weighted by molar-refractivity contribution is 0.557. The number of pyridine rings is 1. The minimum absolute atomic E-state index is 0.322. The van der Waals surface area contributed by atoms with Crippen molar-refractivity contribution in [2.75, 3.05) is 6.54 Å². The molecule has 1 fully saturated rings. The van der Waals surface area contributed by atoms with E-state index in [-0.39, 0.29) is 0 Å². The van der Waals surface area contributed by atoms with E-state index in [1.54, 1.807) is 0 Å². The summed E-state index contributed by atoms with van der Waals surface area (Å²) in [4.78, 5) is 4.49. The number of hydrogen-bond donors (Lipinski definition) is 1. The van der Waals surface area contributed by atoms with Gasteiger partial charge in [0, 0.05) is 11.6 Å². The van der Waals surface area contributed by atoms with Gasteiger partial charge in [0.1, 0.15) is 4.60 Å². The van der Waals surface area contributed by atoms with E-state index in [0.717, 1.165) is 11.1 Å². The lowest BCUT2D eigenvalue weighted by Crippen LogP contribution is -2.05. The maximum Gasteiger partial charge on any atom is 0.106 e. The number of rotatable bonds is 2. The van der Waals surface area contributed by atoms with Gasteiger partial charge in [0.25, 0.3) is 0 Å². The van der Waals surface area contributed by atoms with Gasteiger partial charge in [0.15, 0.2) is 0 Å². The average Bonchev–Trinajstić information content (AvgIpc) is 2.68. The highest BCUT2D eigenvalue weighted by Crippen LogP contribution is 2.63. The van der Waals surface area contributed by atoms with Crippen LogP contribution in [0.3, 0.4) is 0 Å². The van der Waals surface area contributed by atoms with Gasteiger partial charge in [-0.1, -0.05) is 19.9 Å². The first-order chi connectivity index (χ1) is 6.57. The summed E-state index contributed by atoms with van der Waals surface area (Å²) >= 11 is 3.40. The van der Waals surface area contributed by atoms with Crippen LogP contribution in [0.5, 0.6) is 0 Å². The molecule has 0 radical (unpaired) electrons. The van der Waals surface area contributed by atoms with Crippen LogP contribution in [0.15, 0.2) is 22.8 Å². The molecular weight excluding hydrogens is 240 g/mol. The van der Waals surface area contributed by atoms with Gasteiger partial charge in [-0.2, -0.15) is 0 Å². The SMILES string of the molecule is CC1(C)[C@@H](CN)[C@@H]1c1cccc(Br)n1. The Labute approximate surface area is 93.0 Å². The lowest BCUT2D eigenvalue weighted by Gasteiger charge is -2.02. The van der Waals surface area contributed by atoms with Crippen LogP contribution in [0.1, 0.15) is 25.5 Å². The van der Waals surface area contributed by atoms with Gasteiger partial charge in [0.2, 0.25) is 0 Å². The minimum Gasteiger partial charge on any atom is -0.330 e. The molecule has 14 heavy (non-hydrogen) atoms. The van der Waals surface area contributed by atoms with Crippen molar-refractivity contribution in [2.45, 2.75) is 19.8 Å². The molecule has 76 valence electrons. The quantitative estimate of drug-likeness (QED) is 0.825. The van der Waals surface area contributed by atoms with Gasteiger partial charge in [-0.25, -0.2) is 4.98 Å². The monoisotopic (exact) mass is 254 g/mol. The number of nitrogens with zero attached hydrogens (tertiary/aromatic N) is 1. The Morgan fingerprint density at radius 2 is 2.21 bits per heavy atom. The second kappa shape index (κ2) is 3.31. The van der Waals surface area contributed by atoms with E-state index in [9.17, 15) is 0 Å². The molecule has 0 saturated heterocycles. The summed E-state index contributed by atoms with van der Waals surface area (Å²) in [6, 6.07) is 6.08. The van der Waals surface area contributed by atoms with Gasteiger partial charge >= 0.3 is 0 Å². The molecule has 0 amide bonds. The molecule has 1 aromatic heterocycles. The number of hydrogen-bond acceptors (Lipinski definition) is 2. The topological polar surface area (TPSA) is 38.9 Å². The fourth-order valence-electron chi connectivity index (χ4n) is 2.37. The van der Waals surface area contributed by atoms with Crippen molar-refractivity contribution >= 4 is 15.9 Å². The molecule has 0 aromatic carbocycles. The largest absolute Gasteiger partial charge is 0.330 e. The third kappa shape index (κ3) is 1.48. The molecule has 2 nitrogen and oxygen atoms in total. The van der Waals surface area contributed by atoms with E-state index in [2.05, 4.69) is 40.8 Å². The Morgan fingerprint density at radius 3 is 2.71 bits per heavy atom. The number of halogens is 1. The van der Waals surface area contributed by atoms with Crippen LogP contribution in [0, 0.1) is 11.3 Å². The van der Waals surface area contributed by atoms with Crippen molar-refractivity contribution in [2.24, 2.45) is 17.1 Å². The summed E-state index contributed by atoms with van der Waals surface area (Å²) in [5.74, 6) is 1.12. The molecule has 1 aliphatic carbocycles. The second-order valence-corrected chi connectivity index (χ2v) is 5.34. The van der Waals surface area contributed by atoms with Crippen LogP contribution in [0.25, 0.3) is 0 Å². The Morgan fingerprint density at radius 1 is 1.50 bits per heavy atom. The number of nitrogens with two attached hydrogens (primary N) is 1. The van der Waals surface area contributed by atoms with Crippen molar-refractivity contribution in [3.05, 3.63) is 28.5 Å². The molecule has 3 heteroatoms. The Hall–Kier alpha value is -0.410. The van der Waals surface area contributed by atoms with Crippen molar-refractivity contribution in [3.63, 3.8) is 0 Å². The van der Waals surface area contributed by atoms with E-state index >= 15 is 0 Å². The zero-order valence-corrected chi connectivity index (χ0v) is 10.1. The first kappa shape index (κ1) is 10.1. The minimum atomic E-state index is 0.322. The van der Waals surface area contributed by atoms with Gasteiger partial charge < -0.3 is 5.73 Å². The molecular formula is C11H15BrN2. The van der Waals surface area contributed by atoms with Crippen LogP contribution >= 0.6 is 15.9 Å². The van der Waals surface area contributed by atoms with E-state index in [0.29, 0.717) is 17.3 Å². The van der Waals surface area contributed by atoms with E-state index in [1.165, 1.54) is 5.69 Å². The van der Waals surface area contributed by atoms with Crippen LogP contribution in [-0.4, -0.2) is 11.5 Å². The van der Waals surface area contributed by atoms with Crippen LogP contribution in [0.4, 0.5) is 0 Å². The van der Waals surface area contributed by atoms with Crippen molar-refractivity contribution < 1.29 is 0 Å². The molecule has 1 aliphatic rings. The third-order valence-electron chi connectivity index (χ3n) is 3.36. The summed E-state index contributed by atoms with van der Waals surface area (Å²) in [6.07, 6.45) is 0. The summed E-state index contributed by atoms with van der Waals surface area (Å²) in [5, 5.41) is 0. The Bertz CT molecular complexity index is 349. The van der Waals surface area contributed by atoms with E-state index < -0.39 is 0 Å². The standard InChI is InChI=1S/C11H15BrN2/c1-11(2)7(6-13)10(11)8-4-3-5-9(12)14-8/h3-5,7,10H,6,13H2,1-2H3/t7-,10+/m0/s1. The predicted molar refractivity (Wildman–Crippen MR) is 61.0 cm³/mol. The maximum absolute atomic E-state index is 5.74. The molecule has 1 saturated carbocycles. The van der Waals surface area contributed by atoms with Gasteiger partial charge in [0.05, 0.1) is 0 Å². The molecule has 2 atom stereocenters. The molecule has 0 unspecified atom stereocenters. The fourth-order valence-corrected chi connectivity index (χ4v) is 2.73. The molecule has 2 N–H and O–H groups in total. The molecule has 0 bridgehead atoms. The smallest absolute Gasteiger partial charge is 0.106 e. The van der Waals surface area contributed by atoms with Crippen LogP contribution in [0.2, 0.25) is 0 Å². The first-order valence-corrected chi connectivity index (χ1v) is 5.69. The van der Waals surface area contributed by atoms with Crippen LogP contribution in [-0.2, 0) is 0 Å². The lowest BCUT2D eigenvalue weighted by atomic mass is 10.1. The molecule has 0 spiro atoms. The summed E-state index contributed by atoms with van der Waals surface area (Å²) in [6.45, 7) is 5.28. The zero-order valence-electron chi connectivity index (χ0n) is 8.50. The van der Waals surface area contributed by atoms with Crippen molar-refractivity contribution in [1.82, 2.24) is 4.98 Å². The molecule has 2 rings (SSSR count). The van der Waals surface area contributed by atoms with E-state index in [1.807, 2.05) is 12.1 Å². The second-order valence-electron chi connectivity index (χ2n) is 4.53. The van der Waals surface area contributed by atoms with Gasteiger partial charge in [-0.15, -0.1) is 0 Å². The van der Waals surface area contributed by atoms with Crippen molar-refractivity contribution in [1.29, 1.82) is 0 Å². The number of aromatic nitrogens is 1. The summed E-state index contributed by atoms with van der Waals surface area (Å²) in [7, 11) is 0. The highest BCUT2D eigenvalue weighted by atomic mass is 79.9. The highest BCUT2D eigenvalue weighted by molar-refractivity contribution is 9.10. The summed E-state index contributed by atoms with van der Waals surface area (Å²) < 4.78 is 0.911. The molecule has 1 heterocycles. The average molecular weight is 255 g/mol. The molecule has 0 aliphatic heterocycles. The van der Waals surface area contributed by atoms with E-state index in [4.69, 9.17) is 5.73 Å². The zero-order chi connectivity index (χ0) is 10.3. The molecule has 1 aromatic rings. The van der Waals surface area contributed by atoms with Gasteiger partial charge in [-0.05, 0) is 45.9 Å². The summed E-state index contributed by atoms with van der Waals surface area (Å²) in [5.41, 5.74) is 7.22. The Kier molecular flexibility index (Phi) is 2.40. The third-order valence-corrected chi connectivity index (χ3v) is 3.80. The first-order valence-electron chi connectivity index (χ1n) is 4.90. The van der Waals surface area contributed by atoms with Crippen LogP contribution < -0.4 is 5.73 Å².